The van der Waals surface area contributed by atoms with Crippen LogP contribution in [0.1, 0.15) is 17.3 Å². The molecule has 18 heavy (non-hydrogen) atoms. The summed E-state index contributed by atoms with van der Waals surface area (Å²) in [5.74, 6) is -0.168. The molecular weight excluding hydrogens is 276 g/mol. The molecule has 0 saturated carbocycles. The lowest BCUT2D eigenvalue weighted by molar-refractivity contribution is 0.0697. The molecule has 0 aromatic carbocycles. The van der Waals surface area contributed by atoms with Gasteiger partial charge in [-0.2, -0.15) is 11.8 Å². The van der Waals surface area contributed by atoms with Crippen molar-refractivity contribution in [2.45, 2.75) is 12.5 Å². The molecule has 1 atom stereocenters. The third-order valence-corrected chi connectivity index (χ3v) is 3.40. The van der Waals surface area contributed by atoms with E-state index in [0.717, 1.165) is 0 Å². The number of carboxylic acids is 1. The van der Waals surface area contributed by atoms with Crippen LogP contribution in [0.25, 0.3) is 0 Å². The zero-order valence-electron chi connectivity index (χ0n) is 10.1. The third kappa shape index (κ3) is 4.36. The van der Waals surface area contributed by atoms with Gasteiger partial charge in [-0.15, -0.1) is 0 Å². The number of nitrogens with zero attached hydrogens (tertiary/aromatic N) is 1. The number of hydrogen-bond donors (Lipinski definition) is 3. The Kier molecular flexibility index (Phi) is 5.25. The number of aliphatic hydroxyl groups is 1. The molecule has 0 fully saturated rings. The van der Waals surface area contributed by atoms with E-state index in [1.165, 1.54) is 24.0 Å². The van der Waals surface area contributed by atoms with Crippen LogP contribution < -0.4 is 5.32 Å². The summed E-state index contributed by atoms with van der Waals surface area (Å²) >= 11 is 7.24. The monoisotopic (exact) mass is 290 g/mol. The van der Waals surface area contributed by atoms with E-state index in [2.05, 4.69) is 10.3 Å². The Hall–Kier alpha value is -0.980. The maximum Gasteiger partial charge on any atom is 0.337 e. The van der Waals surface area contributed by atoms with Crippen LogP contribution in [-0.4, -0.2) is 45.3 Å². The predicted octanol–water partition coefficient (Wildman–Crippen LogP) is 1.96. The molecule has 0 spiro atoms. The van der Waals surface area contributed by atoms with Gasteiger partial charge in [0.25, 0.3) is 0 Å². The first-order chi connectivity index (χ1) is 8.35. The van der Waals surface area contributed by atoms with Gasteiger partial charge in [-0.05, 0) is 19.2 Å². The highest BCUT2D eigenvalue weighted by Gasteiger charge is 2.19. The van der Waals surface area contributed by atoms with Crippen LogP contribution in [0, 0.1) is 0 Å². The van der Waals surface area contributed by atoms with Crippen LogP contribution in [0.3, 0.4) is 0 Å². The summed E-state index contributed by atoms with van der Waals surface area (Å²) in [6, 6.07) is 1.35. The number of thioether (sulfide) groups is 1. The average molecular weight is 291 g/mol. The molecule has 1 aromatic heterocycles. The van der Waals surface area contributed by atoms with Crippen molar-refractivity contribution >= 4 is 35.1 Å². The number of pyridine rings is 1. The summed E-state index contributed by atoms with van der Waals surface area (Å²) in [5, 5.41) is 21.8. The minimum atomic E-state index is -1.11. The number of aromatic carboxylic acids is 1. The summed E-state index contributed by atoms with van der Waals surface area (Å²) in [5.41, 5.74) is -0.900. The minimum absolute atomic E-state index is 0.0151. The van der Waals surface area contributed by atoms with Crippen LogP contribution in [0.2, 0.25) is 5.02 Å². The lowest BCUT2D eigenvalue weighted by Gasteiger charge is -2.22. The van der Waals surface area contributed by atoms with E-state index < -0.39 is 11.6 Å². The Bertz CT molecular complexity index is 440. The fourth-order valence-corrected chi connectivity index (χ4v) is 2.25. The Labute approximate surface area is 115 Å². The van der Waals surface area contributed by atoms with Crippen LogP contribution in [-0.2, 0) is 0 Å². The first-order valence-electron chi connectivity index (χ1n) is 5.20. The van der Waals surface area contributed by atoms with Crippen LogP contribution >= 0.6 is 23.4 Å². The lowest BCUT2D eigenvalue weighted by Crippen LogP contribution is -2.36. The molecule has 7 heteroatoms. The first-order valence-corrected chi connectivity index (χ1v) is 6.97. The molecule has 0 aliphatic rings. The predicted molar refractivity (Wildman–Crippen MR) is 73.7 cm³/mol. The number of carboxylic acid groups (broad SMARTS) is 1. The minimum Gasteiger partial charge on any atom is -0.478 e. The van der Waals surface area contributed by atoms with Gasteiger partial charge in [0, 0.05) is 18.5 Å². The van der Waals surface area contributed by atoms with E-state index in [1.807, 2.05) is 6.26 Å². The van der Waals surface area contributed by atoms with Crippen LogP contribution in [0.15, 0.2) is 12.3 Å². The van der Waals surface area contributed by atoms with Crippen molar-refractivity contribution < 1.29 is 15.0 Å². The van der Waals surface area contributed by atoms with E-state index in [9.17, 15) is 9.90 Å². The first kappa shape index (κ1) is 15.1. The molecule has 1 heterocycles. The summed E-state index contributed by atoms with van der Waals surface area (Å²) in [4.78, 5) is 14.8. The third-order valence-electron chi connectivity index (χ3n) is 2.19. The zero-order valence-corrected chi connectivity index (χ0v) is 11.7. The van der Waals surface area contributed by atoms with E-state index in [4.69, 9.17) is 16.7 Å². The SMILES string of the molecule is CSCC(C)(O)CNc1cc(C(=O)O)c(Cl)cn1. The topological polar surface area (TPSA) is 82.5 Å². The van der Waals surface area contributed by atoms with Gasteiger partial charge < -0.3 is 15.5 Å². The molecule has 1 unspecified atom stereocenters. The molecule has 5 nitrogen and oxygen atoms in total. The summed E-state index contributed by atoms with van der Waals surface area (Å²) < 4.78 is 0. The van der Waals surface area contributed by atoms with Crippen LogP contribution in [0.5, 0.6) is 0 Å². The van der Waals surface area contributed by atoms with Crippen molar-refractivity contribution in [1.29, 1.82) is 0 Å². The smallest absolute Gasteiger partial charge is 0.337 e. The van der Waals surface area contributed by atoms with Crippen molar-refractivity contribution in [1.82, 2.24) is 4.98 Å². The van der Waals surface area contributed by atoms with Crippen molar-refractivity contribution in [3.05, 3.63) is 22.8 Å². The maximum atomic E-state index is 10.9. The molecule has 0 aliphatic carbocycles. The molecule has 1 rings (SSSR count). The van der Waals surface area contributed by atoms with Crippen molar-refractivity contribution in [3.63, 3.8) is 0 Å². The van der Waals surface area contributed by atoms with Gasteiger partial charge in [0.2, 0.25) is 0 Å². The average Bonchev–Trinajstić information content (AvgIpc) is 2.27. The number of hydrogen-bond acceptors (Lipinski definition) is 5. The van der Waals surface area contributed by atoms with Gasteiger partial charge in [-0.25, -0.2) is 9.78 Å². The van der Waals surface area contributed by atoms with Crippen molar-refractivity contribution in [2.24, 2.45) is 0 Å². The van der Waals surface area contributed by atoms with Crippen molar-refractivity contribution in [2.75, 3.05) is 23.9 Å². The number of anilines is 1. The Morgan fingerprint density at radius 3 is 2.89 bits per heavy atom. The second-order valence-electron chi connectivity index (χ2n) is 4.14. The molecule has 0 bridgehead atoms. The quantitative estimate of drug-likeness (QED) is 0.743. The summed E-state index contributed by atoms with van der Waals surface area (Å²) in [6.07, 6.45) is 3.17. The number of nitrogens with one attached hydrogen (secondary N) is 1. The Morgan fingerprint density at radius 1 is 1.67 bits per heavy atom. The lowest BCUT2D eigenvalue weighted by atomic mass is 10.1. The highest BCUT2D eigenvalue weighted by atomic mass is 35.5. The molecule has 0 aliphatic heterocycles. The van der Waals surface area contributed by atoms with E-state index in [-0.39, 0.29) is 17.1 Å². The largest absolute Gasteiger partial charge is 0.478 e. The number of rotatable bonds is 6. The van der Waals surface area contributed by atoms with Crippen LogP contribution in [0.4, 0.5) is 5.82 Å². The summed E-state index contributed by atoms with van der Waals surface area (Å²) in [7, 11) is 0. The molecule has 0 amide bonds. The van der Waals surface area contributed by atoms with Gasteiger partial charge in [0.15, 0.2) is 0 Å². The number of halogens is 1. The molecule has 3 N–H and O–H groups in total. The normalized spacial score (nSPS) is 14.0. The van der Waals surface area contributed by atoms with Gasteiger partial charge in [-0.1, -0.05) is 11.6 Å². The second kappa shape index (κ2) is 6.26. The van der Waals surface area contributed by atoms with Gasteiger partial charge in [-0.3, -0.25) is 0 Å². The summed E-state index contributed by atoms with van der Waals surface area (Å²) in [6.45, 7) is 1.98. The van der Waals surface area contributed by atoms with E-state index >= 15 is 0 Å². The standard InChI is InChI=1S/C11H15ClN2O3S/c1-11(17,6-18-2)5-14-9-3-7(10(15)16)8(12)4-13-9/h3-4,17H,5-6H2,1-2H3,(H,13,14)(H,15,16). The molecule has 0 radical (unpaired) electrons. The fourth-order valence-electron chi connectivity index (χ4n) is 1.34. The number of aromatic nitrogens is 1. The van der Waals surface area contributed by atoms with E-state index in [0.29, 0.717) is 11.6 Å². The second-order valence-corrected chi connectivity index (χ2v) is 5.41. The molecule has 100 valence electrons. The maximum absolute atomic E-state index is 10.9. The fraction of sp³-hybridized carbons (Fsp3) is 0.455. The molecule has 0 saturated heterocycles. The van der Waals surface area contributed by atoms with Gasteiger partial charge >= 0.3 is 5.97 Å². The van der Waals surface area contributed by atoms with Crippen molar-refractivity contribution in [3.8, 4) is 0 Å². The molecule has 1 aromatic rings. The highest BCUT2D eigenvalue weighted by molar-refractivity contribution is 7.98. The number of carbonyl (C=O) groups is 1. The Morgan fingerprint density at radius 2 is 2.33 bits per heavy atom. The van der Waals surface area contributed by atoms with Gasteiger partial charge in [0.05, 0.1) is 16.2 Å². The highest BCUT2D eigenvalue weighted by Crippen LogP contribution is 2.19. The van der Waals surface area contributed by atoms with E-state index in [1.54, 1.807) is 6.92 Å². The zero-order chi connectivity index (χ0) is 13.8. The molecular formula is C11H15ClN2O3S. The Balaban J connectivity index is 2.74. The van der Waals surface area contributed by atoms with Gasteiger partial charge in [0.1, 0.15) is 5.82 Å².